The minimum absolute atomic E-state index is 0.264. The molecule has 2 N–H and O–H groups in total. The average Bonchev–Trinajstić information content (AvgIpc) is 2.50. The van der Waals surface area contributed by atoms with Gasteiger partial charge >= 0.3 is 0 Å². The van der Waals surface area contributed by atoms with Crippen molar-refractivity contribution in [1.82, 2.24) is 9.97 Å². The molecule has 0 aliphatic heterocycles. The molecule has 0 saturated carbocycles. The van der Waals surface area contributed by atoms with Gasteiger partial charge in [-0.3, -0.25) is 4.79 Å². The van der Waals surface area contributed by atoms with E-state index in [0.29, 0.717) is 22.4 Å². The lowest BCUT2D eigenvalue weighted by atomic mass is 10.2. The molecule has 1 aromatic heterocycles. The van der Waals surface area contributed by atoms with Crippen LogP contribution in [0, 0.1) is 13.8 Å². The van der Waals surface area contributed by atoms with Gasteiger partial charge in [-0.05, 0) is 44.0 Å². The number of unbranched alkanes of at least 4 members (excludes halogenated alkanes) is 1. The van der Waals surface area contributed by atoms with Gasteiger partial charge in [-0.15, -0.1) is 0 Å². The van der Waals surface area contributed by atoms with E-state index in [-0.39, 0.29) is 5.91 Å². The van der Waals surface area contributed by atoms with Gasteiger partial charge in [0.2, 0.25) is 0 Å². The van der Waals surface area contributed by atoms with Gasteiger partial charge < -0.3 is 10.6 Å². The van der Waals surface area contributed by atoms with E-state index >= 15 is 0 Å². The number of nitrogens with zero attached hydrogens (tertiary/aromatic N) is 2. The summed E-state index contributed by atoms with van der Waals surface area (Å²) in [6, 6.07) is 7.00. The van der Waals surface area contributed by atoms with Crippen LogP contribution in [0.15, 0.2) is 24.3 Å². The SMILES string of the molecule is CCCCNc1cc(C(=O)Nc2ccc(Cl)cc2C)nc(C)n1. The second-order valence-electron chi connectivity index (χ2n) is 5.38. The van der Waals surface area contributed by atoms with Crippen LogP contribution in [0.25, 0.3) is 0 Å². The Morgan fingerprint density at radius 2 is 2.00 bits per heavy atom. The molecule has 0 bridgehead atoms. The highest BCUT2D eigenvalue weighted by atomic mass is 35.5. The highest BCUT2D eigenvalue weighted by molar-refractivity contribution is 6.30. The lowest BCUT2D eigenvalue weighted by molar-refractivity contribution is 0.102. The molecular formula is C17H21ClN4O. The second kappa shape index (κ2) is 7.92. The Bertz CT molecular complexity index is 703. The molecule has 0 atom stereocenters. The van der Waals surface area contributed by atoms with Crippen LogP contribution in [0.3, 0.4) is 0 Å². The molecule has 23 heavy (non-hydrogen) atoms. The van der Waals surface area contributed by atoms with Crippen LogP contribution >= 0.6 is 11.6 Å². The minimum atomic E-state index is -0.264. The first kappa shape index (κ1) is 17.2. The summed E-state index contributed by atoms with van der Waals surface area (Å²) in [5, 5.41) is 6.72. The van der Waals surface area contributed by atoms with Crippen LogP contribution in [0.5, 0.6) is 0 Å². The Hall–Kier alpha value is -2.14. The zero-order valence-corrected chi connectivity index (χ0v) is 14.4. The minimum Gasteiger partial charge on any atom is -0.370 e. The van der Waals surface area contributed by atoms with Crippen molar-refractivity contribution in [2.45, 2.75) is 33.6 Å². The number of halogens is 1. The van der Waals surface area contributed by atoms with Crippen molar-refractivity contribution in [2.24, 2.45) is 0 Å². The Kier molecular flexibility index (Phi) is 5.93. The largest absolute Gasteiger partial charge is 0.370 e. The monoisotopic (exact) mass is 332 g/mol. The summed E-state index contributed by atoms with van der Waals surface area (Å²) in [4.78, 5) is 20.9. The van der Waals surface area contributed by atoms with Gasteiger partial charge in [0.05, 0.1) is 0 Å². The quantitative estimate of drug-likeness (QED) is 0.777. The van der Waals surface area contributed by atoms with Crippen molar-refractivity contribution in [1.29, 1.82) is 0 Å². The van der Waals surface area contributed by atoms with Gasteiger partial charge in [0, 0.05) is 23.3 Å². The molecule has 5 nitrogen and oxygen atoms in total. The number of aromatic nitrogens is 2. The Morgan fingerprint density at radius 3 is 2.70 bits per heavy atom. The summed E-state index contributed by atoms with van der Waals surface area (Å²) in [7, 11) is 0. The van der Waals surface area contributed by atoms with Gasteiger partial charge in [0.1, 0.15) is 17.3 Å². The topological polar surface area (TPSA) is 66.9 Å². The maximum Gasteiger partial charge on any atom is 0.274 e. The summed E-state index contributed by atoms with van der Waals surface area (Å²) >= 11 is 5.93. The second-order valence-corrected chi connectivity index (χ2v) is 5.82. The lowest BCUT2D eigenvalue weighted by Gasteiger charge is -2.10. The number of nitrogens with one attached hydrogen (secondary N) is 2. The lowest BCUT2D eigenvalue weighted by Crippen LogP contribution is -2.16. The third kappa shape index (κ3) is 4.93. The fourth-order valence-corrected chi connectivity index (χ4v) is 2.35. The molecule has 1 amide bonds. The molecule has 1 aromatic carbocycles. The van der Waals surface area contributed by atoms with E-state index in [2.05, 4.69) is 27.5 Å². The zero-order valence-electron chi connectivity index (χ0n) is 13.6. The molecule has 2 aromatic rings. The van der Waals surface area contributed by atoms with Crippen molar-refractivity contribution >= 4 is 29.0 Å². The van der Waals surface area contributed by atoms with E-state index in [1.807, 2.05) is 6.92 Å². The molecule has 122 valence electrons. The number of amides is 1. The van der Waals surface area contributed by atoms with Gasteiger partial charge in [-0.1, -0.05) is 24.9 Å². The molecule has 0 radical (unpaired) electrons. The van der Waals surface area contributed by atoms with Crippen LogP contribution in [0.4, 0.5) is 11.5 Å². The number of hydrogen-bond acceptors (Lipinski definition) is 4. The highest BCUT2D eigenvalue weighted by Gasteiger charge is 2.12. The summed E-state index contributed by atoms with van der Waals surface area (Å²) < 4.78 is 0. The van der Waals surface area contributed by atoms with Gasteiger partial charge in [-0.25, -0.2) is 9.97 Å². The molecule has 0 spiro atoms. The Morgan fingerprint density at radius 1 is 1.22 bits per heavy atom. The van der Waals surface area contributed by atoms with E-state index < -0.39 is 0 Å². The smallest absolute Gasteiger partial charge is 0.274 e. The van der Waals surface area contributed by atoms with Crippen molar-refractivity contribution in [3.05, 3.63) is 46.4 Å². The summed E-state index contributed by atoms with van der Waals surface area (Å²) in [5.74, 6) is 0.966. The number of hydrogen-bond donors (Lipinski definition) is 2. The number of benzene rings is 1. The first-order valence-corrected chi connectivity index (χ1v) is 8.04. The van der Waals surface area contributed by atoms with Crippen molar-refractivity contribution in [3.8, 4) is 0 Å². The van der Waals surface area contributed by atoms with Gasteiger partial charge in [0.15, 0.2) is 0 Å². The number of rotatable bonds is 6. The standard InChI is InChI=1S/C17H21ClN4O/c1-4-5-8-19-16-10-15(20-12(3)21-16)17(23)22-14-7-6-13(18)9-11(14)2/h6-7,9-10H,4-5,8H2,1-3H3,(H,22,23)(H,19,20,21). The predicted octanol–water partition coefficient (Wildman–Crippen LogP) is 4.21. The summed E-state index contributed by atoms with van der Waals surface area (Å²) in [5.41, 5.74) is 1.96. The Labute approximate surface area is 141 Å². The predicted molar refractivity (Wildman–Crippen MR) is 94.3 cm³/mol. The first-order chi connectivity index (χ1) is 11.0. The van der Waals surface area contributed by atoms with Crippen molar-refractivity contribution in [3.63, 3.8) is 0 Å². The van der Waals surface area contributed by atoms with Crippen LogP contribution in [0.2, 0.25) is 5.02 Å². The Balaban J connectivity index is 2.15. The third-order valence-electron chi connectivity index (χ3n) is 3.34. The number of carbonyl (C=O) groups is 1. The molecule has 2 rings (SSSR count). The van der Waals surface area contributed by atoms with Crippen LogP contribution < -0.4 is 10.6 Å². The van der Waals surface area contributed by atoms with E-state index in [9.17, 15) is 4.79 Å². The number of aryl methyl sites for hydroxylation is 2. The fraction of sp³-hybridized carbons (Fsp3) is 0.353. The van der Waals surface area contributed by atoms with Gasteiger partial charge in [0.25, 0.3) is 5.91 Å². The van der Waals surface area contributed by atoms with E-state index in [1.165, 1.54) is 0 Å². The molecule has 1 heterocycles. The summed E-state index contributed by atoms with van der Waals surface area (Å²) in [6.07, 6.45) is 2.15. The number of anilines is 2. The fourth-order valence-electron chi connectivity index (χ4n) is 2.12. The molecule has 0 unspecified atom stereocenters. The normalized spacial score (nSPS) is 10.4. The van der Waals surface area contributed by atoms with Crippen molar-refractivity contribution < 1.29 is 4.79 Å². The molecule has 0 saturated heterocycles. The van der Waals surface area contributed by atoms with Crippen LogP contribution in [-0.4, -0.2) is 22.4 Å². The average molecular weight is 333 g/mol. The highest BCUT2D eigenvalue weighted by Crippen LogP contribution is 2.20. The third-order valence-corrected chi connectivity index (χ3v) is 3.58. The molecule has 0 aliphatic rings. The molecular weight excluding hydrogens is 312 g/mol. The summed E-state index contributed by atoms with van der Waals surface area (Å²) in [6.45, 7) is 6.62. The van der Waals surface area contributed by atoms with Crippen molar-refractivity contribution in [2.75, 3.05) is 17.2 Å². The maximum atomic E-state index is 12.4. The van der Waals surface area contributed by atoms with Gasteiger partial charge in [-0.2, -0.15) is 0 Å². The maximum absolute atomic E-state index is 12.4. The molecule has 6 heteroatoms. The van der Waals surface area contributed by atoms with E-state index in [1.54, 1.807) is 31.2 Å². The number of carbonyl (C=O) groups excluding carboxylic acids is 1. The first-order valence-electron chi connectivity index (χ1n) is 7.66. The zero-order chi connectivity index (χ0) is 16.8. The molecule has 0 aliphatic carbocycles. The van der Waals surface area contributed by atoms with Crippen LogP contribution in [0.1, 0.15) is 41.6 Å². The van der Waals surface area contributed by atoms with E-state index in [4.69, 9.17) is 11.6 Å². The molecule has 0 fully saturated rings. The van der Waals surface area contributed by atoms with E-state index in [0.717, 1.165) is 30.6 Å². The van der Waals surface area contributed by atoms with Crippen LogP contribution in [-0.2, 0) is 0 Å².